The molecule has 2 amide bonds. The van der Waals surface area contributed by atoms with Crippen LogP contribution in [0.1, 0.15) is 24.8 Å². The summed E-state index contributed by atoms with van der Waals surface area (Å²) < 4.78 is 5.60. The second-order valence-electron chi connectivity index (χ2n) is 6.80. The highest BCUT2D eigenvalue weighted by Gasteiger charge is 2.22. The van der Waals surface area contributed by atoms with E-state index in [9.17, 15) is 9.59 Å². The third kappa shape index (κ3) is 6.06. The topological polar surface area (TPSA) is 62.2 Å². The summed E-state index contributed by atoms with van der Waals surface area (Å²) in [5, 5.41) is 6.53. The quantitative estimate of drug-likeness (QED) is 0.664. The standard InChI is InChI=1S/C22H24ClN3O3/c1-25(15-16-29-19-9-7-18(23)8-10-19)21(27)11-12-22(28)26-14-13-20(24-26)17-5-3-2-4-6-17/h2-10H,11-16H2,1H3. The first-order chi connectivity index (χ1) is 14.0. The van der Waals surface area contributed by atoms with E-state index in [4.69, 9.17) is 16.3 Å². The molecule has 0 bridgehead atoms. The van der Waals surface area contributed by atoms with Crippen LogP contribution in [0.5, 0.6) is 5.75 Å². The Kier molecular flexibility index (Phi) is 7.25. The summed E-state index contributed by atoms with van der Waals surface area (Å²) in [6.45, 7) is 1.37. The van der Waals surface area contributed by atoms with Gasteiger partial charge in [-0.15, -0.1) is 0 Å². The zero-order valence-corrected chi connectivity index (χ0v) is 17.1. The van der Waals surface area contributed by atoms with Gasteiger partial charge in [-0.05, 0) is 29.8 Å². The third-order valence-corrected chi connectivity index (χ3v) is 4.94. The van der Waals surface area contributed by atoms with E-state index in [2.05, 4.69) is 5.10 Å². The lowest BCUT2D eigenvalue weighted by atomic mass is 10.1. The van der Waals surface area contributed by atoms with E-state index in [1.165, 1.54) is 5.01 Å². The van der Waals surface area contributed by atoms with Gasteiger partial charge in [0.2, 0.25) is 11.8 Å². The Balaban J connectivity index is 1.39. The van der Waals surface area contributed by atoms with Crippen molar-refractivity contribution in [1.29, 1.82) is 0 Å². The van der Waals surface area contributed by atoms with Crippen molar-refractivity contribution in [2.24, 2.45) is 5.10 Å². The summed E-state index contributed by atoms with van der Waals surface area (Å²) in [4.78, 5) is 26.2. The number of amides is 2. The first kappa shape index (κ1) is 20.9. The summed E-state index contributed by atoms with van der Waals surface area (Å²) in [5.74, 6) is 0.478. The molecule has 0 aliphatic carbocycles. The van der Waals surface area contributed by atoms with E-state index in [-0.39, 0.29) is 24.7 Å². The molecule has 152 valence electrons. The lowest BCUT2D eigenvalue weighted by molar-refractivity contribution is -0.136. The zero-order chi connectivity index (χ0) is 20.6. The fourth-order valence-electron chi connectivity index (χ4n) is 2.96. The minimum atomic E-state index is -0.130. The number of nitrogens with zero attached hydrogens (tertiary/aromatic N) is 3. The number of halogens is 1. The van der Waals surface area contributed by atoms with Crippen molar-refractivity contribution in [3.8, 4) is 5.75 Å². The summed E-state index contributed by atoms with van der Waals surface area (Å²) >= 11 is 5.84. The molecule has 1 aliphatic heterocycles. The highest BCUT2D eigenvalue weighted by atomic mass is 35.5. The van der Waals surface area contributed by atoms with Gasteiger partial charge in [0.05, 0.1) is 18.8 Å². The molecule has 29 heavy (non-hydrogen) atoms. The minimum Gasteiger partial charge on any atom is -0.492 e. The number of carbonyl (C=O) groups excluding carboxylic acids is 2. The van der Waals surface area contributed by atoms with Crippen molar-refractivity contribution in [2.45, 2.75) is 19.3 Å². The molecule has 0 saturated carbocycles. The molecule has 3 rings (SSSR count). The Morgan fingerprint density at radius 1 is 1.10 bits per heavy atom. The van der Waals surface area contributed by atoms with Crippen LogP contribution in [-0.2, 0) is 9.59 Å². The van der Waals surface area contributed by atoms with Gasteiger partial charge in [0, 0.05) is 31.3 Å². The zero-order valence-electron chi connectivity index (χ0n) is 16.4. The van der Waals surface area contributed by atoms with Crippen molar-refractivity contribution in [1.82, 2.24) is 9.91 Å². The molecule has 7 heteroatoms. The Morgan fingerprint density at radius 2 is 1.83 bits per heavy atom. The van der Waals surface area contributed by atoms with E-state index in [1.54, 1.807) is 36.2 Å². The first-order valence-electron chi connectivity index (χ1n) is 9.58. The Hall–Kier alpha value is -2.86. The van der Waals surface area contributed by atoms with Gasteiger partial charge in [-0.3, -0.25) is 9.59 Å². The van der Waals surface area contributed by atoms with Gasteiger partial charge in [-0.2, -0.15) is 5.10 Å². The summed E-state index contributed by atoms with van der Waals surface area (Å²) in [5.41, 5.74) is 1.93. The number of likely N-dealkylation sites (N-methyl/N-ethyl adjacent to an activating group) is 1. The Morgan fingerprint density at radius 3 is 2.55 bits per heavy atom. The van der Waals surface area contributed by atoms with Crippen LogP contribution in [-0.4, -0.2) is 54.2 Å². The van der Waals surface area contributed by atoms with Gasteiger partial charge < -0.3 is 9.64 Å². The molecule has 1 aliphatic rings. The minimum absolute atomic E-state index is 0.0930. The van der Waals surface area contributed by atoms with Crippen molar-refractivity contribution in [3.05, 3.63) is 65.2 Å². The molecule has 0 unspecified atom stereocenters. The van der Waals surface area contributed by atoms with Crippen LogP contribution in [0.3, 0.4) is 0 Å². The molecular weight excluding hydrogens is 390 g/mol. The monoisotopic (exact) mass is 413 g/mol. The van der Waals surface area contributed by atoms with E-state index in [1.807, 2.05) is 30.3 Å². The second kappa shape index (κ2) is 10.1. The largest absolute Gasteiger partial charge is 0.492 e. The summed E-state index contributed by atoms with van der Waals surface area (Å²) in [6, 6.07) is 16.9. The van der Waals surface area contributed by atoms with E-state index in [0.29, 0.717) is 30.5 Å². The number of hydrogen-bond donors (Lipinski definition) is 0. The molecule has 0 spiro atoms. The highest BCUT2D eigenvalue weighted by Crippen LogP contribution is 2.16. The lowest BCUT2D eigenvalue weighted by Gasteiger charge is -2.18. The highest BCUT2D eigenvalue weighted by molar-refractivity contribution is 6.30. The fourth-order valence-corrected chi connectivity index (χ4v) is 3.09. The predicted octanol–water partition coefficient (Wildman–Crippen LogP) is 3.59. The molecule has 2 aromatic rings. The predicted molar refractivity (Wildman–Crippen MR) is 113 cm³/mol. The van der Waals surface area contributed by atoms with Crippen LogP contribution in [0.4, 0.5) is 0 Å². The van der Waals surface area contributed by atoms with Gasteiger partial charge in [0.15, 0.2) is 0 Å². The SMILES string of the molecule is CN(CCOc1ccc(Cl)cc1)C(=O)CCC(=O)N1CCC(c2ccccc2)=N1. The molecule has 6 nitrogen and oxygen atoms in total. The molecular formula is C22H24ClN3O3. The van der Waals surface area contributed by atoms with Crippen molar-refractivity contribution in [2.75, 3.05) is 26.7 Å². The number of ether oxygens (including phenoxy) is 1. The number of carbonyl (C=O) groups is 2. The van der Waals surface area contributed by atoms with Crippen LogP contribution in [0, 0.1) is 0 Å². The molecule has 0 atom stereocenters. The number of hydrazone groups is 1. The van der Waals surface area contributed by atoms with Crippen molar-refractivity contribution < 1.29 is 14.3 Å². The summed E-state index contributed by atoms with van der Waals surface area (Å²) in [7, 11) is 1.71. The number of hydrogen-bond acceptors (Lipinski definition) is 4. The van der Waals surface area contributed by atoms with Gasteiger partial charge in [0.1, 0.15) is 12.4 Å². The number of rotatable bonds is 8. The van der Waals surface area contributed by atoms with Crippen LogP contribution in [0.25, 0.3) is 0 Å². The number of benzene rings is 2. The lowest BCUT2D eigenvalue weighted by Crippen LogP contribution is -2.32. The maximum Gasteiger partial charge on any atom is 0.243 e. The van der Waals surface area contributed by atoms with E-state index < -0.39 is 0 Å². The van der Waals surface area contributed by atoms with E-state index in [0.717, 1.165) is 17.7 Å². The van der Waals surface area contributed by atoms with Gasteiger partial charge in [-0.1, -0.05) is 41.9 Å². The molecule has 0 saturated heterocycles. The molecule has 0 radical (unpaired) electrons. The van der Waals surface area contributed by atoms with Crippen LogP contribution in [0.2, 0.25) is 5.02 Å². The van der Waals surface area contributed by atoms with E-state index >= 15 is 0 Å². The molecule has 0 N–H and O–H groups in total. The third-order valence-electron chi connectivity index (χ3n) is 4.68. The smallest absolute Gasteiger partial charge is 0.243 e. The second-order valence-corrected chi connectivity index (χ2v) is 7.23. The fraction of sp³-hybridized carbons (Fsp3) is 0.318. The Bertz CT molecular complexity index is 869. The average Bonchev–Trinajstić information content (AvgIpc) is 3.24. The summed E-state index contributed by atoms with van der Waals surface area (Å²) in [6.07, 6.45) is 1.03. The van der Waals surface area contributed by atoms with Gasteiger partial charge >= 0.3 is 0 Å². The van der Waals surface area contributed by atoms with Crippen LogP contribution >= 0.6 is 11.6 Å². The normalized spacial score (nSPS) is 13.2. The molecule has 0 aromatic heterocycles. The molecule has 1 heterocycles. The van der Waals surface area contributed by atoms with Gasteiger partial charge in [-0.25, -0.2) is 5.01 Å². The molecule has 2 aromatic carbocycles. The maximum atomic E-state index is 12.4. The van der Waals surface area contributed by atoms with Crippen LogP contribution in [0.15, 0.2) is 59.7 Å². The Labute approximate surface area is 175 Å². The van der Waals surface area contributed by atoms with Crippen molar-refractivity contribution in [3.63, 3.8) is 0 Å². The maximum absolute atomic E-state index is 12.4. The van der Waals surface area contributed by atoms with Gasteiger partial charge in [0.25, 0.3) is 0 Å². The molecule has 0 fully saturated rings. The van der Waals surface area contributed by atoms with Crippen molar-refractivity contribution >= 4 is 29.1 Å². The first-order valence-corrected chi connectivity index (χ1v) is 9.96. The van der Waals surface area contributed by atoms with Crippen LogP contribution < -0.4 is 4.74 Å². The average molecular weight is 414 g/mol.